The Morgan fingerprint density at radius 3 is 2.12 bits per heavy atom. The molecule has 5 rings (SSSR count). The molecule has 1 heterocycles. The first-order valence-corrected chi connectivity index (χ1v) is 16.5. The Labute approximate surface area is 202 Å². The Hall–Kier alpha value is 0.0169. The molecular weight excluding hydrogens is 432 g/mol. The lowest BCUT2D eigenvalue weighted by atomic mass is 9.43. The van der Waals surface area contributed by atoms with Gasteiger partial charge in [0.15, 0.2) is 14.1 Å². The number of hydrogen-bond donors (Lipinski definition) is 2. The quantitative estimate of drug-likeness (QED) is 0.538. The van der Waals surface area contributed by atoms with Crippen LogP contribution in [0.25, 0.3) is 0 Å². The Morgan fingerprint density at radius 2 is 1.48 bits per heavy atom. The van der Waals surface area contributed by atoms with Crippen LogP contribution in [-0.2, 0) is 13.9 Å². The maximum atomic E-state index is 11.6. The molecule has 2 N–H and O–H groups in total. The van der Waals surface area contributed by atoms with Crippen molar-refractivity contribution >= 4 is 8.32 Å². The number of ether oxygens (including phenoxy) is 2. The van der Waals surface area contributed by atoms with Crippen LogP contribution in [0.3, 0.4) is 0 Å². The predicted octanol–water partition coefficient (Wildman–Crippen LogP) is 5.10. The predicted molar refractivity (Wildman–Crippen MR) is 131 cm³/mol. The van der Waals surface area contributed by atoms with Gasteiger partial charge in [0, 0.05) is 17.9 Å². The summed E-state index contributed by atoms with van der Waals surface area (Å²) in [6, 6.07) is 0. The molecule has 0 aromatic heterocycles. The monoisotopic (exact) mass is 480 g/mol. The summed E-state index contributed by atoms with van der Waals surface area (Å²) in [7, 11) is -1.86. The summed E-state index contributed by atoms with van der Waals surface area (Å²) in [6.07, 6.45) is 6.03. The van der Waals surface area contributed by atoms with E-state index < -0.39 is 26.3 Å². The van der Waals surface area contributed by atoms with Crippen molar-refractivity contribution in [2.24, 2.45) is 34.5 Å². The summed E-state index contributed by atoms with van der Waals surface area (Å²) < 4.78 is 19.3. The van der Waals surface area contributed by atoms with Gasteiger partial charge in [0.25, 0.3) is 0 Å². The van der Waals surface area contributed by atoms with E-state index in [1.807, 2.05) is 0 Å². The summed E-state index contributed by atoms with van der Waals surface area (Å²) in [4.78, 5) is 0. The standard InChI is InChI=1S/C27H48O5Si/c1-24(2,3)33(6,7)32-17-8-11-25(4)18-9-12-26(5)19(10-13-27(26)30-14-15-31-27)21(18)23(29)22(28)20(25)16-17/h17-23,28-29H,8-16H2,1-7H3/t17?,18-,19-,20+,21+,22+,23+,25+,26-/m0/s1. The Kier molecular flexibility index (Phi) is 5.81. The fourth-order valence-electron chi connectivity index (χ4n) is 8.81. The van der Waals surface area contributed by atoms with Gasteiger partial charge in [0.05, 0.1) is 25.4 Å². The van der Waals surface area contributed by atoms with Crippen molar-refractivity contribution in [2.75, 3.05) is 13.2 Å². The molecule has 33 heavy (non-hydrogen) atoms. The van der Waals surface area contributed by atoms with Crippen LogP contribution in [0.4, 0.5) is 0 Å². The minimum Gasteiger partial charge on any atom is -0.414 e. The van der Waals surface area contributed by atoms with Crippen molar-refractivity contribution in [1.29, 1.82) is 0 Å². The molecule has 1 spiro atoms. The van der Waals surface area contributed by atoms with Gasteiger partial charge in [-0.25, -0.2) is 0 Å². The maximum absolute atomic E-state index is 11.6. The van der Waals surface area contributed by atoms with E-state index >= 15 is 0 Å². The zero-order valence-corrected chi connectivity index (χ0v) is 23.0. The molecule has 0 bridgehead atoms. The van der Waals surface area contributed by atoms with E-state index in [-0.39, 0.29) is 33.8 Å². The molecule has 5 fully saturated rings. The van der Waals surface area contributed by atoms with Crippen LogP contribution in [0.5, 0.6) is 0 Å². The second-order valence-electron chi connectivity index (χ2n) is 14.1. The second kappa shape index (κ2) is 7.76. The number of hydrogen-bond acceptors (Lipinski definition) is 5. The van der Waals surface area contributed by atoms with Gasteiger partial charge in [-0.05, 0) is 85.7 Å². The number of fused-ring (bicyclic) bond motifs is 6. The van der Waals surface area contributed by atoms with E-state index in [1.54, 1.807) is 0 Å². The highest BCUT2D eigenvalue weighted by molar-refractivity contribution is 6.74. The van der Waals surface area contributed by atoms with Crippen molar-refractivity contribution in [3.8, 4) is 0 Å². The van der Waals surface area contributed by atoms with Crippen LogP contribution in [0.2, 0.25) is 18.1 Å². The second-order valence-corrected chi connectivity index (χ2v) is 18.9. The van der Waals surface area contributed by atoms with Crippen LogP contribution < -0.4 is 0 Å². The smallest absolute Gasteiger partial charge is 0.192 e. The fraction of sp³-hybridized carbons (Fsp3) is 1.00. The van der Waals surface area contributed by atoms with Gasteiger partial charge in [-0.1, -0.05) is 34.6 Å². The van der Waals surface area contributed by atoms with Gasteiger partial charge in [0.1, 0.15) is 0 Å². The summed E-state index contributed by atoms with van der Waals surface area (Å²) in [5.74, 6) is 0.558. The van der Waals surface area contributed by atoms with Gasteiger partial charge in [-0.2, -0.15) is 0 Å². The first-order chi connectivity index (χ1) is 15.3. The summed E-state index contributed by atoms with van der Waals surface area (Å²) in [5, 5.41) is 23.3. The lowest BCUT2D eigenvalue weighted by molar-refractivity contribution is -0.269. The van der Waals surface area contributed by atoms with Crippen LogP contribution in [0, 0.1) is 34.5 Å². The van der Waals surface area contributed by atoms with Crippen molar-refractivity contribution in [3.63, 3.8) is 0 Å². The summed E-state index contributed by atoms with van der Waals surface area (Å²) in [5.41, 5.74) is -0.0116. The Bertz CT molecular complexity index is 758. The van der Waals surface area contributed by atoms with Crippen molar-refractivity contribution in [3.05, 3.63) is 0 Å². The molecule has 0 aromatic rings. The zero-order valence-electron chi connectivity index (χ0n) is 22.0. The highest BCUT2D eigenvalue weighted by Crippen LogP contribution is 2.69. The van der Waals surface area contributed by atoms with Crippen LogP contribution in [0.1, 0.15) is 79.6 Å². The lowest BCUT2D eigenvalue weighted by Crippen LogP contribution is -2.65. The van der Waals surface area contributed by atoms with Crippen LogP contribution in [-0.4, -0.2) is 55.8 Å². The number of aliphatic hydroxyl groups is 2. The number of rotatable bonds is 2. The van der Waals surface area contributed by atoms with Gasteiger partial charge in [-0.3, -0.25) is 0 Å². The maximum Gasteiger partial charge on any atom is 0.192 e. The van der Waals surface area contributed by atoms with Crippen LogP contribution >= 0.6 is 0 Å². The molecule has 0 radical (unpaired) electrons. The third-order valence-electron chi connectivity index (χ3n) is 11.8. The van der Waals surface area contributed by atoms with E-state index in [2.05, 4.69) is 47.7 Å². The third kappa shape index (κ3) is 3.41. The Morgan fingerprint density at radius 1 is 0.848 bits per heavy atom. The zero-order chi connectivity index (χ0) is 24.0. The minimum atomic E-state index is -1.86. The van der Waals surface area contributed by atoms with Crippen molar-refractivity contribution in [1.82, 2.24) is 0 Å². The molecule has 4 saturated carbocycles. The molecule has 0 amide bonds. The molecule has 5 aliphatic rings. The van der Waals surface area contributed by atoms with Gasteiger partial charge >= 0.3 is 0 Å². The lowest BCUT2D eigenvalue weighted by Gasteiger charge is -2.64. The average molecular weight is 481 g/mol. The molecular formula is C27H48O5Si. The highest BCUT2D eigenvalue weighted by atomic mass is 28.4. The van der Waals surface area contributed by atoms with E-state index in [1.165, 1.54) is 0 Å². The van der Waals surface area contributed by atoms with Gasteiger partial charge < -0.3 is 24.1 Å². The molecule has 5 nitrogen and oxygen atoms in total. The summed E-state index contributed by atoms with van der Waals surface area (Å²) in [6.45, 7) is 17.6. The molecule has 0 aromatic carbocycles. The molecule has 4 aliphatic carbocycles. The minimum absolute atomic E-state index is 0.0606. The van der Waals surface area contributed by atoms with E-state index in [4.69, 9.17) is 13.9 Å². The molecule has 1 unspecified atom stereocenters. The molecule has 9 atom stereocenters. The van der Waals surface area contributed by atoms with E-state index in [0.717, 1.165) is 44.9 Å². The van der Waals surface area contributed by atoms with Gasteiger partial charge in [0.2, 0.25) is 0 Å². The molecule has 1 aliphatic heterocycles. The number of aliphatic hydroxyl groups excluding tert-OH is 2. The molecule has 1 saturated heterocycles. The van der Waals surface area contributed by atoms with E-state index in [9.17, 15) is 10.2 Å². The largest absolute Gasteiger partial charge is 0.414 e. The fourth-order valence-corrected chi connectivity index (χ4v) is 10.2. The van der Waals surface area contributed by atoms with Crippen LogP contribution in [0.15, 0.2) is 0 Å². The highest BCUT2D eigenvalue weighted by Gasteiger charge is 2.70. The topological polar surface area (TPSA) is 68.2 Å². The van der Waals surface area contributed by atoms with Crippen molar-refractivity contribution in [2.45, 2.75) is 122 Å². The summed E-state index contributed by atoms with van der Waals surface area (Å²) >= 11 is 0. The molecule has 6 heteroatoms. The van der Waals surface area contributed by atoms with E-state index in [0.29, 0.717) is 25.0 Å². The average Bonchev–Trinajstić information content (AvgIpc) is 3.32. The van der Waals surface area contributed by atoms with Crippen molar-refractivity contribution < 1.29 is 24.1 Å². The normalized spacial score (nSPS) is 49.5. The SMILES string of the molecule is CC(C)(C)[Si](C)(C)OC1CC[C@@]2(C)[C@H](C1)[C@@H](O)[C@H](O)[C@@H]1[C@@H]2CC[C@@]2(C)[C@H]1CCC21OCCO1. The Balaban J connectivity index is 1.39. The van der Waals surface area contributed by atoms with Gasteiger partial charge in [-0.15, -0.1) is 0 Å². The first-order valence-electron chi connectivity index (χ1n) is 13.6. The first kappa shape index (κ1) is 24.7. The third-order valence-corrected chi connectivity index (χ3v) is 16.3. The molecule has 190 valence electrons.